The maximum atomic E-state index is 12.5. The van der Waals surface area contributed by atoms with E-state index in [1.54, 1.807) is 12.1 Å². The number of ether oxygens (including phenoxy) is 2. The maximum absolute atomic E-state index is 12.5. The lowest BCUT2D eigenvalue weighted by molar-refractivity contribution is -0.137. The molecule has 0 N–H and O–H groups in total. The second kappa shape index (κ2) is 6.73. The molecule has 2 aromatic carbocycles. The highest BCUT2D eigenvalue weighted by Crippen LogP contribution is 2.30. The van der Waals surface area contributed by atoms with Crippen molar-refractivity contribution in [3.8, 4) is 11.5 Å². The Bertz CT molecular complexity index is 659. The van der Waals surface area contributed by atoms with E-state index in [1.807, 2.05) is 13.8 Å². The first-order valence-corrected chi connectivity index (χ1v) is 6.92. The summed E-state index contributed by atoms with van der Waals surface area (Å²) in [4.78, 5) is 11.9. The number of carbonyl (C=O) groups excluding carboxylic acids is 1. The van der Waals surface area contributed by atoms with Crippen LogP contribution >= 0.6 is 0 Å². The van der Waals surface area contributed by atoms with Gasteiger partial charge >= 0.3 is 12.1 Å². The largest absolute Gasteiger partial charge is 0.491 e. The van der Waals surface area contributed by atoms with Crippen molar-refractivity contribution in [1.29, 1.82) is 0 Å². The lowest BCUT2D eigenvalue weighted by Crippen LogP contribution is -2.10. The highest BCUT2D eigenvalue weighted by molar-refractivity contribution is 5.91. The summed E-state index contributed by atoms with van der Waals surface area (Å²) in [6.07, 6.45) is -4.41. The Labute approximate surface area is 131 Å². The van der Waals surface area contributed by atoms with Gasteiger partial charge in [0.15, 0.2) is 0 Å². The van der Waals surface area contributed by atoms with Crippen LogP contribution in [0.25, 0.3) is 0 Å². The Kier molecular flexibility index (Phi) is 4.93. The third-order valence-corrected chi connectivity index (χ3v) is 2.85. The molecule has 0 unspecified atom stereocenters. The van der Waals surface area contributed by atoms with Crippen LogP contribution in [0.5, 0.6) is 11.5 Å². The quantitative estimate of drug-likeness (QED) is 0.603. The van der Waals surface area contributed by atoms with E-state index >= 15 is 0 Å². The molecule has 0 amide bonds. The molecular weight excluding hydrogens is 309 g/mol. The predicted molar refractivity (Wildman–Crippen MR) is 78.6 cm³/mol. The van der Waals surface area contributed by atoms with Gasteiger partial charge in [0.05, 0.1) is 17.2 Å². The van der Waals surface area contributed by atoms with Crippen molar-refractivity contribution >= 4 is 5.97 Å². The Balaban J connectivity index is 2.04. The number of rotatable bonds is 4. The molecule has 0 fully saturated rings. The van der Waals surface area contributed by atoms with Gasteiger partial charge in [0.1, 0.15) is 11.5 Å². The second-order valence-corrected chi connectivity index (χ2v) is 5.10. The average molecular weight is 324 g/mol. The summed E-state index contributed by atoms with van der Waals surface area (Å²) in [5, 5.41) is 0. The maximum Gasteiger partial charge on any atom is 0.416 e. The van der Waals surface area contributed by atoms with Crippen molar-refractivity contribution in [2.75, 3.05) is 0 Å². The van der Waals surface area contributed by atoms with E-state index in [2.05, 4.69) is 0 Å². The molecule has 0 heterocycles. The Morgan fingerprint density at radius 1 is 0.913 bits per heavy atom. The van der Waals surface area contributed by atoms with Crippen molar-refractivity contribution < 1.29 is 27.4 Å². The Hall–Kier alpha value is -2.50. The number of benzene rings is 2. The highest BCUT2D eigenvalue weighted by Gasteiger charge is 2.30. The summed E-state index contributed by atoms with van der Waals surface area (Å²) >= 11 is 0. The van der Waals surface area contributed by atoms with Crippen LogP contribution in [-0.2, 0) is 6.18 Å². The van der Waals surface area contributed by atoms with E-state index in [0.717, 1.165) is 24.3 Å². The molecule has 0 bridgehead atoms. The smallest absolute Gasteiger partial charge is 0.416 e. The molecule has 3 nitrogen and oxygen atoms in total. The fourth-order valence-corrected chi connectivity index (χ4v) is 1.82. The van der Waals surface area contributed by atoms with Gasteiger partial charge in [0.25, 0.3) is 0 Å². The SMILES string of the molecule is CC(C)Oc1ccc(C(=O)Oc2ccc(C(F)(F)F)cc2)cc1. The van der Waals surface area contributed by atoms with Gasteiger partial charge in [0, 0.05) is 0 Å². The lowest BCUT2D eigenvalue weighted by Gasteiger charge is -2.10. The van der Waals surface area contributed by atoms with Gasteiger partial charge in [-0.3, -0.25) is 0 Å². The summed E-state index contributed by atoms with van der Waals surface area (Å²) in [5.41, 5.74) is -0.520. The van der Waals surface area contributed by atoms with Crippen molar-refractivity contribution in [3.63, 3.8) is 0 Å². The zero-order valence-electron chi connectivity index (χ0n) is 12.6. The van der Waals surface area contributed by atoms with E-state index in [0.29, 0.717) is 5.75 Å². The molecule has 0 saturated heterocycles. The molecule has 0 saturated carbocycles. The summed E-state index contributed by atoms with van der Waals surface area (Å²) in [6.45, 7) is 3.76. The van der Waals surface area contributed by atoms with E-state index in [9.17, 15) is 18.0 Å². The van der Waals surface area contributed by atoms with Crippen LogP contribution in [0.4, 0.5) is 13.2 Å². The van der Waals surface area contributed by atoms with Gasteiger partial charge in [-0.2, -0.15) is 13.2 Å². The molecule has 122 valence electrons. The topological polar surface area (TPSA) is 35.5 Å². The zero-order chi connectivity index (χ0) is 17.0. The van der Waals surface area contributed by atoms with E-state index in [1.165, 1.54) is 12.1 Å². The van der Waals surface area contributed by atoms with Gasteiger partial charge < -0.3 is 9.47 Å². The first-order valence-electron chi connectivity index (χ1n) is 6.92. The predicted octanol–water partition coefficient (Wildman–Crippen LogP) is 4.71. The minimum Gasteiger partial charge on any atom is -0.491 e. The fraction of sp³-hybridized carbons (Fsp3) is 0.235. The van der Waals surface area contributed by atoms with Crippen LogP contribution in [0.1, 0.15) is 29.8 Å². The minimum atomic E-state index is -4.42. The van der Waals surface area contributed by atoms with Crippen LogP contribution in [0.2, 0.25) is 0 Å². The molecule has 0 aromatic heterocycles. The normalized spacial score (nSPS) is 11.4. The second-order valence-electron chi connectivity index (χ2n) is 5.10. The molecule has 23 heavy (non-hydrogen) atoms. The van der Waals surface area contributed by atoms with Crippen LogP contribution in [0.3, 0.4) is 0 Å². The summed E-state index contributed by atoms with van der Waals surface area (Å²) in [7, 11) is 0. The Morgan fingerprint density at radius 2 is 1.43 bits per heavy atom. The summed E-state index contributed by atoms with van der Waals surface area (Å²) < 4.78 is 47.9. The van der Waals surface area contributed by atoms with Crippen LogP contribution < -0.4 is 9.47 Å². The molecule has 6 heteroatoms. The van der Waals surface area contributed by atoms with Crippen molar-refractivity contribution in [3.05, 3.63) is 59.7 Å². The van der Waals surface area contributed by atoms with Crippen molar-refractivity contribution in [2.24, 2.45) is 0 Å². The van der Waals surface area contributed by atoms with Gasteiger partial charge in [-0.15, -0.1) is 0 Å². The first-order chi connectivity index (χ1) is 10.8. The lowest BCUT2D eigenvalue weighted by atomic mass is 10.2. The van der Waals surface area contributed by atoms with Crippen LogP contribution in [0, 0.1) is 0 Å². The number of carbonyl (C=O) groups is 1. The third kappa shape index (κ3) is 4.74. The van der Waals surface area contributed by atoms with Crippen molar-refractivity contribution in [1.82, 2.24) is 0 Å². The Morgan fingerprint density at radius 3 is 1.91 bits per heavy atom. The number of alkyl halides is 3. The molecule has 0 atom stereocenters. The van der Waals surface area contributed by atoms with Gasteiger partial charge in [0.2, 0.25) is 0 Å². The monoisotopic (exact) mass is 324 g/mol. The van der Waals surface area contributed by atoms with Crippen LogP contribution in [-0.4, -0.2) is 12.1 Å². The van der Waals surface area contributed by atoms with E-state index < -0.39 is 17.7 Å². The molecule has 0 radical (unpaired) electrons. The standard InChI is InChI=1S/C17H15F3O3/c1-11(2)22-14-7-3-12(4-8-14)16(21)23-15-9-5-13(6-10-15)17(18,19)20/h3-11H,1-2H3. The highest BCUT2D eigenvalue weighted by atomic mass is 19.4. The molecule has 0 spiro atoms. The van der Waals surface area contributed by atoms with Crippen molar-refractivity contribution in [2.45, 2.75) is 26.1 Å². The zero-order valence-corrected chi connectivity index (χ0v) is 12.6. The molecular formula is C17H15F3O3. The van der Waals surface area contributed by atoms with Gasteiger partial charge in [-0.25, -0.2) is 4.79 Å². The molecule has 0 aliphatic rings. The average Bonchev–Trinajstić information content (AvgIpc) is 2.47. The minimum absolute atomic E-state index is 0.0138. The molecule has 0 aliphatic heterocycles. The number of esters is 1. The molecule has 2 aromatic rings. The molecule has 2 rings (SSSR count). The summed E-state index contributed by atoms with van der Waals surface area (Å²) in [6, 6.07) is 10.3. The van der Waals surface area contributed by atoms with E-state index in [4.69, 9.17) is 9.47 Å². The number of hydrogen-bond donors (Lipinski definition) is 0. The van der Waals surface area contributed by atoms with Gasteiger partial charge in [-0.1, -0.05) is 0 Å². The number of halogens is 3. The fourth-order valence-electron chi connectivity index (χ4n) is 1.82. The first kappa shape index (κ1) is 16.9. The third-order valence-electron chi connectivity index (χ3n) is 2.85. The summed E-state index contributed by atoms with van der Waals surface area (Å²) in [5.74, 6) is 0.0115. The van der Waals surface area contributed by atoms with E-state index in [-0.39, 0.29) is 17.4 Å². The van der Waals surface area contributed by atoms with Gasteiger partial charge in [-0.05, 0) is 62.4 Å². The number of hydrogen-bond acceptors (Lipinski definition) is 3. The van der Waals surface area contributed by atoms with Crippen LogP contribution in [0.15, 0.2) is 48.5 Å². The molecule has 0 aliphatic carbocycles.